The number of sulfonamides is 1. The predicted octanol–water partition coefficient (Wildman–Crippen LogP) is 2.79. The van der Waals surface area contributed by atoms with Crippen molar-refractivity contribution in [3.8, 4) is 0 Å². The van der Waals surface area contributed by atoms with Crippen molar-refractivity contribution in [2.24, 2.45) is 0 Å². The highest BCUT2D eigenvalue weighted by Gasteiger charge is 2.32. The Morgan fingerprint density at radius 2 is 1.85 bits per heavy atom. The number of amides is 1. The van der Waals surface area contributed by atoms with E-state index < -0.39 is 15.9 Å². The molecule has 0 spiro atoms. The lowest BCUT2D eigenvalue weighted by Crippen LogP contribution is -2.42. The van der Waals surface area contributed by atoms with E-state index in [1.165, 1.54) is 12.1 Å². The number of para-hydroxylation sites is 2. The molecule has 2 aromatic carbocycles. The van der Waals surface area contributed by atoms with Crippen LogP contribution in [0.5, 0.6) is 0 Å². The predicted molar refractivity (Wildman–Crippen MR) is 106 cm³/mol. The van der Waals surface area contributed by atoms with Crippen molar-refractivity contribution < 1.29 is 13.2 Å². The fourth-order valence-electron chi connectivity index (χ4n) is 3.21. The molecule has 1 amide bonds. The third-order valence-corrected chi connectivity index (χ3v) is 7.10. The van der Waals surface area contributed by atoms with Crippen LogP contribution in [0.25, 0.3) is 10.2 Å². The van der Waals surface area contributed by atoms with Crippen molar-refractivity contribution in [2.75, 3.05) is 16.2 Å². The molecule has 0 saturated carbocycles. The van der Waals surface area contributed by atoms with Gasteiger partial charge in [0.25, 0.3) is 10.0 Å². The molecule has 1 aliphatic heterocycles. The van der Waals surface area contributed by atoms with Crippen LogP contribution in [0.3, 0.4) is 0 Å². The molecule has 0 aliphatic carbocycles. The maximum Gasteiger partial charge on any atom is 0.308 e. The van der Waals surface area contributed by atoms with Crippen molar-refractivity contribution in [1.29, 1.82) is 0 Å². The number of hydrogen-bond donors (Lipinski definition) is 1. The molecule has 0 radical (unpaired) electrons. The summed E-state index contributed by atoms with van der Waals surface area (Å²) in [7, 11) is -3.96. The van der Waals surface area contributed by atoms with Gasteiger partial charge in [0.1, 0.15) is 6.54 Å². The highest BCUT2D eigenvalue weighted by molar-refractivity contribution is 7.93. The van der Waals surface area contributed by atoms with Gasteiger partial charge in [-0.2, -0.15) is 0 Å². The summed E-state index contributed by atoms with van der Waals surface area (Å²) in [6.07, 6.45) is 0. The minimum Gasteiger partial charge on any atom is -0.323 e. The molecule has 27 heavy (non-hydrogen) atoms. The van der Waals surface area contributed by atoms with Crippen LogP contribution in [0.4, 0.5) is 11.4 Å². The molecule has 7 nitrogen and oxygen atoms in total. The van der Waals surface area contributed by atoms with Gasteiger partial charge in [-0.3, -0.25) is 18.5 Å². The molecule has 1 aromatic heterocycles. The minimum atomic E-state index is -3.96. The van der Waals surface area contributed by atoms with Gasteiger partial charge in [-0.25, -0.2) is 8.42 Å². The van der Waals surface area contributed by atoms with Gasteiger partial charge in [-0.05, 0) is 44.2 Å². The van der Waals surface area contributed by atoms with Crippen molar-refractivity contribution in [3.63, 3.8) is 0 Å². The number of anilines is 2. The van der Waals surface area contributed by atoms with Crippen LogP contribution >= 0.6 is 11.3 Å². The Hall–Kier alpha value is -2.65. The second-order valence-corrected chi connectivity index (χ2v) is 9.39. The molecule has 0 fully saturated rings. The van der Waals surface area contributed by atoms with Crippen molar-refractivity contribution >= 4 is 48.9 Å². The van der Waals surface area contributed by atoms with Crippen molar-refractivity contribution in [1.82, 2.24) is 4.57 Å². The Morgan fingerprint density at radius 3 is 2.59 bits per heavy atom. The molecule has 0 atom stereocenters. The summed E-state index contributed by atoms with van der Waals surface area (Å²) in [6.45, 7) is 3.52. The average Bonchev–Trinajstić information content (AvgIpc) is 2.95. The Bertz CT molecular complexity index is 1220. The zero-order valence-corrected chi connectivity index (χ0v) is 16.3. The summed E-state index contributed by atoms with van der Waals surface area (Å²) in [6, 6.07) is 11.4. The quantitative estimate of drug-likeness (QED) is 0.728. The number of benzene rings is 2. The molecule has 1 N–H and O–H groups in total. The van der Waals surface area contributed by atoms with Crippen LogP contribution in [0.2, 0.25) is 0 Å². The van der Waals surface area contributed by atoms with Gasteiger partial charge in [-0.15, -0.1) is 0 Å². The van der Waals surface area contributed by atoms with Crippen LogP contribution < -0.4 is 14.5 Å². The van der Waals surface area contributed by atoms with Gasteiger partial charge in [-0.1, -0.05) is 23.5 Å². The topological polar surface area (TPSA) is 88.5 Å². The Kier molecular flexibility index (Phi) is 4.08. The fraction of sp³-hybridized carbons (Fsp3) is 0.222. The van der Waals surface area contributed by atoms with Gasteiger partial charge in [0, 0.05) is 6.04 Å². The number of fused-ring (bicyclic) bond motifs is 2. The summed E-state index contributed by atoms with van der Waals surface area (Å²) < 4.78 is 29.8. The summed E-state index contributed by atoms with van der Waals surface area (Å²) in [4.78, 5) is 24.1. The summed E-state index contributed by atoms with van der Waals surface area (Å²) in [5.41, 5.74) is 1.58. The average molecular weight is 403 g/mol. The fourth-order valence-corrected chi connectivity index (χ4v) is 5.80. The lowest BCUT2D eigenvalue weighted by Gasteiger charge is -2.30. The van der Waals surface area contributed by atoms with E-state index in [4.69, 9.17) is 0 Å². The largest absolute Gasteiger partial charge is 0.323 e. The number of nitrogens with zero attached hydrogens (tertiary/aromatic N) is 2. The van der Waals surface area contributed by atoms with Crippen LogP contribution in [0, 0.1) is 0 Å². The zero-order valence-electron chi connectivity index (χ0n) is 14.7. The zero-order chi connectivity index (χ0) is 19.3. The first kappa shape index (κ1) is 17.7. The van der Waals surface area contributed by atoms with E-state index in [1.807, 2.05) is 13.8 Å². The van der Waals surface area contributed by atoms with Crippen molar-refractivity contribution in [3.05, 3.63) is 52.1 Å². The standard InChI is InChI=1S/C18H17N3O4S2/c1-11(2)21-15-8-7-12(9-16(15)26-18(21)23)27(24,25)20-10-17(22)19-13-5-3-4-6-14(13)20/h3-9,11H,10H2,1-2H3,(H,19,22). The van der Waals surface area contributed by atoms with Crippen LogP contribution in [-0.2, 0) is 14.8 Å². The number of thiazole rings is 1. The SMILES string of the molecule is CC(C)n1c(=O)sc2cc(S(=O)(=O)N3CC(=O)Nc4ccccc43)ccc21. The molecular formula is C18H17N3O4S2. The third-order valence-electron chi connectivity index (χ3n) is 4.42. The Morgan fingerprint density at radius 1 is 1.11 bits per heavy atom. The van der Waals surface area contributed by atoms with Crippen molar-refractivity contribution in [2.45, 2.75) is 24.8 Å². The number of rotatable bonds is 3. The van der Waals surface area contributed by atoms with Crippen LogP contribution in [0.1, 0.15) is 19.9 Å². The smallest absolute Gasteiger partial charge is 0.308 e. The second kappa shape index (κ2) is 6.21. The summed E-state index contributed by atoms with van der Waals surface area (Å²) >= 11 is 1.02. The maximum absolute atomic E-state index is 13.2. The molecule has 0 saturated heterocycles. The lowest BCUT2D eigenvalue weighted by atomic mass is 10.2. The lowest BCUT2D eigenvalue weighted by molar-refractivity contribution is -0.115. The van der Waals surface area contributed by atoms with E-state index in [9.17, 15) is 18.0 Å². The number of hydrogen-bond acceptors (Lipinski definition) is 5. The van der Waals surface area contributed by atoms with Gasteiger partial charge < -0.3 is 5.32 Å². The van der Waals surface area contributed by atoms with E-state index in [2.05, 4.69) is 5.32 Å². The van der Waals surface area contributed by atoms with Gasteiger partial charge >= 0.3 is 4.87 Å². The highest BCUT2D eigenvalue weighted by Crippen LogP contribution is 2.34. The third kappa shape index (κ3) is 2.83. The molecule has 4 rings (SSSR count). The first-order valence-corrected chi connectivity index (χ1v) is 10.6. The van der Waals surface area contributed by atoms with Gasteiger partial charge in [0.2, 0.25) is 5.91 Å². The highest BCUT2D eigenvalue weighted by atomic mass is 32.2. The van der Waals surface area contributed by atoms with Crippen LogP contribution in [-0.4, -0.2) is 25.4 Å². The number of aromatic nitrogens is 1. The summed E-state index contributed by atoms with van der Waals surface area (Å²) in [5.74, 6) is -0.394. The van der Waals surface area contributed by atoms with E-state index in [0.717, 1.165) is 15.6 Å². The summed E-state index contributed by atoms with van der Waals surface area (Å²) in [5, 5.41) is 2.68. The molecular weight excluding hydrogens is 386 g/mol. The normalized spacial score (nSPS) is 14.5. The number of carbonyl (C=O) groups is 1. The molecule has 0 bridgehead atoms. The maximum atomic E-state index is 13.2. The van der Waals surface area contributed by atoms with Gasteiger partial charge in [0.05, 0.1) is 26.5 Å². The molecule has 9 heteroatoms. The Labute approximate surface area is 159 Å². The van der Waals surface area contributed by atoms with E-state index in [0.29, 0.717) is 21.6 Å². The monoisotopic (exact) mass is 403 g/mol. The molecule has 140 valence electrons. The number of nitrogens with one attached hydrogen (secondary N) is 1. The molecule has 3 aromatic rings. The van der Waals surface area contributed by atoms with E-state index in [1.54, 1.807) is 34.9 Å². The number of carbonyl (C=O) groups excluding carboxylic acids is 1. The minimum absolute atomic E-state index is 0.0219. The molecule has 2 heterocycles. The first-order chi connectivity index (χ1) is 12.8. The van der Waals surface area contributed by atoms with Crippen LogP contribution in [0.15, 0.2) is 52.2 Å². The molecule has 0 unspecified atom stereocenters. The Balaban J connectivity index is 1.86. The van der Waals surface area contributed by atoms with Gasteiger partial charge in [0.15, 0.2) is 0 Å². The second-order valence-electron chi connectivity index (χ2n) is 6.54. The first-order valence-electron chi connectivity index (χ1n) is 8.36. The van der Waals surface area contributed by atoms with E-state index >= 15 is 0 Å². The van der Waals surface area contributed by atoms with E-state index in [-0.39, 0.29) is 22.4 Å². The molecule has 1 aliphatic rings.